The average molecular weight is 309 g/mol. The van der Waals surface area contributed by atoms with Crippen LogP contribution in [-0.4, -0.2) is 18.2 Å². The Labute approximate surface area is 106 Å². The van der Waals surface area contributed by atoms with Crippen molar-refractivity contribution in [3.05, 3.63) is 27.7 Å². The van der Waals surface area contributed by atoms with Crippen LogP contribution in [0.25, 0.3) is 0 Å². The van der Waals surface area contributed by atoms with E-state index in [0.29, 0.717) is 0 Å². The van der Waals surface area contributed by atoms with Crippen molar-refractivity contribution in [2.75, 3.05) is 7.11 Å². The third-order valence-corrected chi connectivity index (χ3v) is 2.82. The molecule has 3 nitrogen and oxygen atoms in total. The van der Waals surface area contributed by atoms with Gasteiger partial charge in [0.25, 0.3) is 0 Å². The third-order valence-electron chi connectivity index (χ3n) is 2.24. The van der Waals surface area contributed by atoms with Crippen molar-refractivity contribution in [3.8, 4) is 5.75 Å². The highest BCUT2D eigenvalue weighted by atomic mass is 79.9. The monoisotopic (exact) mass is 308 g/mol. The molecular weight excluding hydrogens is 298 g/mol. The van der Waals surface area contributed by atoms with Gasteiger partial charge >= 0.3 is 5.97 Å². The molecule has 1 aromatic rings. The maximum Gasteiger partial charge on any atom is 0.303 e. The van der Waals surface area contributed by atoms with E-state index in [1.54, 1.807) is 0 Å². The van der Waals surface area contributed by atoms with E-state index >= 15 is 0 Å². The summed E-state index contributed by atoms with van der Waals surface area (Å²) in [5.74, 6) is -2.43. The van der Waals surface area contributed by atoms with Gasteiger partial charge in [0.05, 0.1) is 11.6 Å². The molecule has 0 saturated carbocycles. The fourth-order valence-electron chi connectivity index (χ4n) is 1.49. The van der Waals surface area contributed by atoms with Crippen LogP contribution in [0.4, 0.5) is 8.78 Å². The molecule has 0 amide bonds. The van der Waals surface area contributed by atoms with Crippen LogP contribution in [0.2, 0.25) is 0 Å². The average Bonchev–Trinajstić information content (AvgIpc) is 2.24. The van der Waals surface area contributed by atoms with Gasteiger partial charge in [0.1, 0.15) is 5.82 Å². The first-order chi connectivity index (χ1) is 7.97. The third kappa shape index (κ3) is 3.39. The standard InChI is InChI=1S/C11H11BrF2O3/c1-17-11-6(3-2-4-9(15)16)10(14)7(12)5-8(11)13/h5H,2-4H2,1H3,(H,15,16). The fourth-order valence-corrected chi connectivity index (χ4v) is 1.93. The Morgan fingerprint density at radius 3 is 2.71 bits per heavy atom. The molecule has 0 atom stereocenters. The second kappa shape index (κ2) is 5.95. The molecule has 0 fully saturated rings. The number of hydrogen-bond donors (Lipinski definition) is 1. The predicted octanol–water partition coefficient (Wildman–Crippen LogP) is 3.14. The predicted molar refractivity (Wildman–Crippen MR) is 61.2 cm³/mol. The molecule has 1 N–H and O–H groups in total. The van der Waals surface area contributed by atoms with Gasteiger partial charge < -0.3 is 9.84 Å². The summed E-state index contributed by atoms with van der Waals surface area (Å²) >= 11 is 2.89. The summed E-state index contributed by atoms with van der Waals surface area (Å²) in [6.07, 6.45) is 0.229. The Kier molecular flexibility index (Phi) is 4.86. The zero-order chi connectivity index (χ0) is 13.0. The van der Waals surface area contributed by atoms with Crippen LogP contribution in [0.15, 0.2) is 10.5 Å². The minimum absolute atomic E-state index is 0.00104. The van der Waals surface area contributed by atoms with E-state index in [1.165, 1.54) is 7.11 Å². The number of ether oxygens (including phenoxy) is 1. The van der Waals surface area contributed by atoms with E-state index in [9.17, 15) is 13.6 Å². The minimum atomic E-state index is -0.972. The van der Waals surface area contributed by atoms with Crippen LogP contribution < -0.4 is 4.74 Å². The zero-order valence-corrected chi connectivity index (χ0v) is 10.7. The molecule has 1 rings (SSSR count). The van der Waals surface area contributed by atoms with Gasteiger partial charge in [-0.2, -0.15) is 0 Å². The first-order valence-electron chi connectivity index (χ1n) is 4.89. The van der Waals surface area contributed by atoms with Crippen molar-refractivity contribution >= 4 is 21.9 Å². The molecule has 17 heavy (non-hydrogen) atoms. The number of methoxy groups -OCH3 is 1. The quantitative estimate of drug-likeness (QED) is 0.850. The van der Waals surface area contributed by atoms with E-state index in [1.807, 2.05) is 0 Å². The van der Waals surface area contributed by atoms with Crippen LogP contribution in [0, 0.1) is 11.6 Å². The van der Waals surface area contributed by atoms with Gasteiger partial charge in [0, 0.05) is 12.0 Å². The Morgan fingerprint density at radius 1 is 1.53 bits per heavy atom. The maximum atomic E-state index is 13.7. The Morgan fingerprint density at radius 2 is 2.18 bits per heavy atom. The number of carbonyl (C=O) groups is 1. The van der Waals surface area contributed by atoms with Crippen molar-refractivity contribution in [2.45, 2.75) is 19.3 Å². The fraction of sp³-hybridized carbons (Fsp3) is 0.364. The highest BCUT2D eigenvalue weighted by Crippen LogP contribution is 2.31. The summed E-state index contributed by atoms with van der Waals surface area (Å²) in [6, 6.07) is 0.981. The van der Waals surface area contributed by atoms with Crippen molar-refractivity contribution in [1.82, 2.24) is 0 Å². The summed E-state index contributed by atoms with van der Waals surface area (Å²) in [4.78, 5) is 10.4. The van der Waals surface area contributed by atoms with Gasteiger partial charge in [-0.15, -0.1) is 0 Å². The van der Waals surface area contributed by atoms with Crippen LogP contribution in [0.1, 0.15) is 18.4 Å². The number of halogens is 3. The van der Waals surface area contributed by atoms with E-state index in [4.69, 9.17) is 9.84 Å². The summed E-state index contributed by atoms with van der Waals surface area (Å²) in [6.45, 7) is 0. The largest absolute Gasteiger partial charge is 0.493 e. The highest BCUT2D eigenvalue weighted by Gasteiger charge is 2.18. The van der Waals surface area contributed by atoms with Gasteiger partial charge in [-0.3, -0.25) is 4.79 Å². The first kappa shape index (κ1) is 13.9. The molecule has 1 aromatic carbocycles. The highest BCUT2D eigenvalue weighted by molar-refractivity contribution is 9.10. The van der Waals surface area contributed by atoms with Crippen molar-refractivity contribution in [3.63, 3.8) is 0 Å². The number of carboxylic acids is 1. The SMILES string of the molecule is COc1c(F)cc(Br)c(F)c1CCCC(=O)O. The summed E-state index contributed by atoms with van der Waals surface area (Å²) in [7, 11) is 1.24. The molecule has 0 radical (unpaired) electrons. The maximum absolute atomic E-state index is 13.7. The Hall–Kier alpha value is -1.17. The molecule has 0 aromatic heterocycles. The number of benzene rings is 1. The van der Waals surface area contributed by atoms with Crippen molar-refractivity contribution in [1.29, 1.82) is 0 Å². The normalized spacial score (nSPS) is 10.4. The topological polar surface area (TPSA) is 46.5 Å². The molecule has 0 unspecified atom stereocenters. The molecule has 0 spiro atoms. The number of rotatable bonds is 5. The molecule has 0 saturated heterocycles. The van der Waals surface area contributed by atoms with Crippen LogP contribution in [0.5, 0.6) is 5.75 Å². The summed E-state index contributed by atoms with van der Waals surface area (Å²) in [5, 5.41) is 8.49. The molecule has 0 aliphatic carbocycles. The summed E-state index contributed by atoms with van der Waals surface area (Å²) in [5.41, 5.74) is 0.0561. The van der Waals surface area contributed by atoms with Crippen LogP contribution in [0.3, 0.4) is 0 Å². The lowest BCUT2D eigenvalue weighted by atomic mass is 10.1. The summed E-state index contributed by atoms with van der Waals surface area (Å²) < 4.78 is 31.9. The van der Waals surface area contributed by atoms with Crippen molar-refractivity contribution < 1.29 is 23.4 Å². The minimum Gasteiger partial charge on any atom is -0.493 e. The molecule has 94 valence electrons. The first-order valence-corrected chi connectivity index (χ1v) is 5.68. The van der Waals surface area contributed by atoms with Crippen molar-refractivity contribution in [2.24, 2.45) is 0 Å². The molecule has 0 aliphatic rings. The van der Waals surface area contributed by atoms with Gasteiger partial charge in [-0.05, 0) is 34.8 Å². The number of carboxylic acid groups (broad SMARTS) is 1. The van der Waals surface area contributed by atoms with E-state index in [0.717, 1.165) is 6.07 Å². The van der Waals surface area contributed by atoms with E-state index < -0.39 is 17.6 Å². The Bertz CT molecular complexity index is 435. The Balaban J connectivity index is 2.99. The lowest BCUT2D eigenvalue weighted by molar-refractivity contribution is -0.137. The molecule has 6 heteroatoms. The molecule has 0 bridgehead atoms. The second-order valence-electron chi connectivity index (χ2n) is 3.41. The molecule has 0 heterocycles. The molecular formula is C11H11BrF2O3. The smallest absolute Gasteiger partial charge is 0.303 e. The van der Waals surface area contributed by atoms with E-state index in [2.05, 4.69) is 15.9 Å². The van der Waals surface area contributed by atoms with Crippen LogP contribution in [-0.2, 0) is 11.2 Å². The number of aliphatic carboxylic acids is 1. The lowest BCUT2D eigenvalue weighted by Gasteiger charge is -2.11. The van der Waals surface area contributed by atoms with Crippen LogP contribution >= 0.6 is 15.9 Å². The second-order valence-corrected chi connectivity index (χ2v) is 4.27. The zero-order valence-electron chi connectivity index (χ0n) is 9.10. The number of hydrogen-bond acceptors (Lipinski definition) is 2. The lowest BCUT2D eigenvalue weighted by Crippen LogP contribution is -2.02. The molecule has 0 aliphatic heterocycles. The van der Waals surface area contributed by atoms with Gasteiger partial charge in [-0.25, -0.2) is 8.78 Å². The van der Waals surface area contributed by atoms with Gasteiger partial charge in [0.2, 0.25) is 0 Å². The van der Waals surface area contributed by atoms with Gasteiger partial charge in [-0.1, -0.05) is 0 Å². The van der Waals surface area contributed by atoms with E-state index in [-0.39, 0.29) is 35.0 Å². The van der Waals surface area contributed by atoms with Gasteiger partial charge in [0.15, 0.2) is 11.6 Å².